The third kappa shape index (κ3) is 4.28. The van der Waals surface area contributed by atoms with Crippen LogP contribution in [0.25, 0.3) is 49.1 Å². The monoisotopic (exact) mass is 622 g/mol. The summed E-state index contributed by atoms with van der Waals surface area (Å²) in [5.74, 6) is 4.64. The summed E-state index contributed by atoms with van der Waals surface area (Å²) in [4.78, 5) is 58.4. The van der Waals surface area contributed by atoms with E-state index in [1.54, 1.807) is 34.7 Å². The second-order valence-corrected chi connectivity index (χ2v) is 12.4. The van der Waals surface area contributed by atoms with Crippen molar-refractivity contribution >= 4 is 60.7 Å². The number of rotatable bonds is 5. The highest BCUT2D eigenvalue weighted by Gasteiger charge is 2.29. The lowest BCUT2D eigenvalue weighted by Gasteiger charge is -2.21. The summed E-state index contributed by atoms with van der Waals surface area (Å²) in [5.41, 5.74) is -0.530. The number of nitrogens with zero attached hydrogens (tertiary/aromatic N) is 4. The van der Waals surface area contributed by atoms with Gasteiger partial charge in [0.1, 0.15) is 16.8 Å². The van der Waals surface area contributed by atoms with Crippen molar-refractivity contribution in [3.8, 4) is 0 Å². The normalized spacial score (nSPS) is 17.9. The summed E-state index contributed by atoms with van der Waals surface area (Å²) >= 11 is 0. The Balaban J connectivity index is 1.41. The minimum Gasteiger partial charge on any atom is -0.451 e. The van der Waals surface area contributed by atoms with E-state index in [0.29, 0.717) is 42.0 Å². The number of likely N-dealkylation sites (tertiary alicyclic amines) is 1. The smallest absolute Gasteiger partial charge is 0.260 e. The van der Waals surface area contributed by atoms with Crippen molar-refractivity contribution in [2.75, 3.05) is 45.2 Å². The fourth-order valence-corrected chi connectivity index (χ4v) is 7.18. The molecule has 46 heavy (non-hydrogen) atoms. The Kier molecular flexibility index (Phi) is 6.57. The van der Waals surface area contributed by atoms with Gasteiger partial charge in [-0.1, -0.05) is 24.3 Å². The molecule has 234 valence electrons. The Bertz CT molecular complexity index is 2420. The first-order chi connectivity index (χ1) is 22.2. The quantitative estimate of drug-likeness (QED) is 0.169. The summed E-state index contributed by atoms with van der Waals surface area (Å²) in [6.45, 7) is 2.38. The molecule has 4 aromatic carbocycles. The SMILES string of the molecule is CN1CCCC1CCNc1c(F)cc2c(=O)c(C(=O)N3CCN(N)C3)cn3c4cc5c(=O)c6ccccc6c(=O)c5cc4oc1c23. The Labute approximate surface area is 260 Å². The van der Waals surface area contributed by atoms with E-state index in [1.807, 2.05) is 0 Å². The number of fused-ring (bicyclic) bond motifs is 4. The summed E-state index contributed by atoms with van der Waals surface area (Å²) in [6.07, 6.45) is 4.37. The number of hydrogen-bond donors (Lipinski definition) is 2. The van der Waals surface area contributed by atoms with Crippen LogP contribution in [0.5, 0.6) is 0 Å². The van der Waals surface area contributed by atoms with Crippen molar-refractivity contribution in [2.24, 2.45) is 5.84 Å². The fraction of sp³-hybridized carbons (Fsp3) is 0.294. The number of nitrogens with one attached hydrogen (secondary N) is 1. The lowest BCUT2D eigenvalue weighted by molar-refractivity contribution is 0.0763. The maximum atomic E-state index is 16.0. The number of anilines is 1. The third-order valence-electron chi connectivity index (χ3n) is 9.65. The number of hydrazine groups is 1. The average molecular weight is 623 g/mol. The lowest BCUT2D eigenvalue weighted by Crippen LogP contribution is -2.36. The molecule has 2 fully saturated rings. The van der Waals surface area contributed by atoms with E-state index < -0.39 is 17.2 Å². The predicted octanol–water partition coefficient (Wildman–Crippen LogP) is 3.29. The Morgan fingerprint density at radius 1 is 0.978 bits per heavy atom. The van der Waals surface area contributed by atoms with E-state index in [4.69, 9.17) is 10.3 Å². The first-order valence-corrected chi connectivity index (χ1v) is 15.4. The number of nitrogens with two attached hydrogens (primary N) is 1. The van der Waals surface area contributed by atoms with Gasteiger partial charge in [0.15, 0.2) is 27.8 Å². The number of hydrogen-bond acceptors (Lipinski definition) is 9. The molecule has 0 aliphatic carbocycles. The van der Waals surface area contributed by atoms with Crippen molar-refractivity contribution < 1.29 is 13.6 Å². The molecule has 8 rings (SSSR count). The van der Waals surface area contributed by atoms with Gasteiger partial charge in [0.05, 0.1) is 17.6 Å². The van der Waals surface area contributed by atoms with Gasteiger partial charge in [0.2, 0.25) is 5.43 Å². The largest absolute Gasteiger partial charge is 0.451 e. The standard InChI is InChI=1S/C34H31FN6O5/c1-38-10-4-5-18(38)8-9-37-28-25(35)13-23-29-33(28)46-27-15-22-21(30(42)19-6-2-3-7-20(19)31(22)43)14-26(27)41(29)16-24(32(23)44)34(45)39-11-12-40(36)17-39/h2-3,6-7,13-16,18,37H,4-5,8-12,17,36H2,1H3. The summed E-state index contributed by atoms with van der Waals surface area (Å²) < 4.78 is 23.9. The topological polar surface area (TPSA) is 134 Å². The van der Waals surface area contributed by atoms with Crippen molar-refractivity contribution in [3.05, 3.63) is 90.7 Å². The Morgan fingerprint density at radius 3 is 2.39 bits per heavy atom. The van der Waals surface area contributed by atoms with Crippen LogP contribution >= 0.6 is 0 Å². The molecule has 2 aliphatic rings. The van der Waals surface area contributed by atoms with Crippen LogP contribution in [-0.2, 0) is 0 Å². The van der Waals surface area contributed by atoms with E-state index >= 15 is 4.39 Å². The van der Waals surface area contributed by atoms with E-state index in [1.165, 1.54) is 22.2 Å². The number of benzene rings is 4. The van der Waals surface area contributed by atoms with Crippen LogP contribution in [0.1, 0.15) is 29.6 Å². The van der Waals surface area contributed by atoms with Gasteiger partial charge >= 0.3 is 0 Å². The van der Waals surface area contributed by atoms with Gasteiger partial charge < -0.3 is 23.9 Å². The molecule has 1 unspecified atom stereocenters. The maximum Gasteiger partial charge on any atom is 0.260 e. The van der Waals surface area contributed by atoms with Crippen LogP contribution in [0.2, 0.25) is 0 Å². The lowest BCUT2D eigenvalue weighted by atomic mass is 10.0. The fourth-order valence-electron chi connectivity index (χ4n) is 7.18. The zero-order valence-electron chi connectivity index (χ0n) is 25.1. The molecule has 4 heterocycles. The van der Waals surface area contributed by atoms with Crippen LogP contribution < -0.4 is 27.4 Å². The van der Waals surface area contributed by atoms with E-state index in [9.17, 15) is 19.2 Å². The summed E-state index contributed by atoms with van der Waals surface area (Å²) in [7, 11) is 2.08. The number of carbonyl (C=O) groups is 1. The predicted molar refractivity (Wildman–Crippen MR) is 175 cm³/mol. The van der Waals surface area contributed by atoms with Crippen LogP contribution in [0.4, 0.5) is 10.1 Å². The first kappa shape index (κ1) is 28.6. The van der Waals surface area contributed by atoms with Crippen molar-refractivity contribution in [3.63, 3.8) is 0 Å². The molecule has 0 saturated carbocycles. The number of pyridine rings is 1. The molecule has 3 N–H and O–H groups in total. The zero-order chi connectivity index (χ0) is 31.9. The van der Waals surface area contributed by atoms with Gasteiger partial charge in [-0.3, -0.25) is 25.0 Å². The number of amides is 1. The van der Waals surface area contributed by atoms with Gasteiger partial charge in [-0.2, -0.15) is 0 Å². The first-order valence-electron chi connectivity index (χ1n) is 15.4. The van der Waals surface area contributed by atoms with E-state index in [2.05, 4.69) is 17.3 Å². The molecule has 11 nitrogen and oxygen atoms in total. The van der Waals surface area contributed by atoms with E-state index in [-0.39, 0.29) is 61.6 Å². The van der Waals surface area contributed by atoms with E-state index in [0.717, 1.165) is 31.9 Å². The second kappa shape index (κ2) is 10.6. The zero-order valence-corrected chi connectivity index (χ0v) is 25.1. The van der Waals surface area contributed by atoms with Crippen LogP contribution in [0.15, 0.2) is 67.5 Å². The molecular formula is C34H31FN6O5. The number of carbonyl (C=O) groups excluding carboxylic acids is 1. The van der Waals surface area contributed by atoms with Crippen LogP contribution in [0, 0.1) is 5.82 Å². The summed E-state index contributed by atoms with van der Waals surface area (Å²) in [5, 5.41) is 5.55. The number of halogens is 1. The average Bonchev–Trinajstić information content (AvgIpc) is 3.68. The molecule has 2 aromatic heterocycles. The molecule has 0 radical (unpaired) electrons. The number of aromatic nitrogens is 1. The molecule has 2 saturated heterocycles. The Morgan fingerprint density at radius 2 is 1.72 bits per heavy atom. The molecule has 1 amide bonds. The molecule has 0 spiro atoms. The molecular weight excluding hydrogens is 591 g/mol. The van der Waals surface area contributed by atoms with Crippen LogP contribution in [0.3, 0.4) is 0 Å². The maximum absolute atomic E-state index is 16.0. The van der Waals surface area contributed by atoms with Crippen LogP contribution in [-0.4, -0.2) is 71.1 Å². The molecule has 2 aliphatic heterocycles. The highest BCUT2D eigenvalue weighted by Crippen LogP contribution is 2.35. The molecule has 1 atom stereocenters. The minimum atomic E-state index is -0.702. The van der Waals surface area contributed by atoms with Crippen molar-refractivity contribution in [2.45, 2.75) is 25.3 Å². The second-order valence-electron chi connectivity index (χ2n) is 12.4. The highest BCUT2D eigenvalue weighted by atomic mass is 19.1. The third-order valence-corrected chi connectivity index (χ3v) is 9.65. The molecule has 6 aromatic rings. The minimum absolute atomic E-state index is 0.0423. The molecule has 0 bridgehead atoms. The van der Waals surface area contributed by atoms with Crippen molar-refractivity contribution in [1.29, 1.82) is 0 Å². The molecule has 12 heteroatoms. The Hall–Kier alpha value is -4.91. The van der Waals surface area contributed by atoms with Gasteiger partial charge in [-0.25, -0.2) is 9.40 Å². The van der Waals surface area contributed by atoms with Gasteiger partial charge in [0, 0.05) is 53.4 Å². The van der Waals surface area contributed by atoms with Crippen molar-refractivity contribution in [1.82, 2.24) is 19.2 Å². The van der Waals surface area contributed by atoms with Gasteiger partial charge in [-0.15, -0.1) is 0 Å². The van der Waals surface area contributed by atoms with Gasteiger partial charge in [-0.05, 0) is 51.1 Å². The summed E-state index contributed by atoms with van der Waals surface area (Å²) in [6, 6.07) is 11.2. The highest BCUT2D eigenvalue weighted by molar-refractivity contribution is 6.08. The van der Waals surface area contributed by atoms with Gasteiger partial charge in [0.25, 0.3) is 5.91 Å².